The quantitative estimate of drug-likeness (QED) is 0.652. The average Bonchev–Trinajstić information content (AvgIpc) is 2.67. The highest BCUT2D eigenvalue weighted by molar-refractivity contribution is 5.64. The Morgan fingerprint density at radius 1 is 0.923 bits per heavy atom. The van der Waals surface area contributed by atoms with Crippen molar-refractivity contribution in [2.75, 3.05) is 37.8 Å². The van der Waals surface area contributed by atoms with Crippen LogP contribution in [0.15, 0.2) is 60.9 Å². The minimum absolute atomic E-state index is 0.630. The molecule has 0 unspecified atom stereocenters. The number of aromatic nitrogens is 3. The Kier molecular flexibility index (Phi) is 6.11. The van der Waals surface area contributed by atoms with Gasteiger partial charge in [0.15, 0.2) is 0 Å². The van der Waals surface area contributed by atoms with Crippen molar-refractivity contribution in [1.82, 2.24) is 19.9 Å². The molecule has 0 aliphatic heterocycles. The van der Waals surface area contributed by atoms with Gasteiger partial charge in [-0.3, -0.25) is 4.98 Å². The van der Waals surface area contributed by atoms with Gasteiger partial charge in [0.2, 0.25) is 5.95 Å². The lowest BCUT2D eigenvalue weighted by atomic mass is 10.1. The highest BCUT2D eigenvalue weighted by atomic mass is 15.2. The number of rotatable bonds is 8. The minimum Gasteiger partial charge on any atom is -0.366 e. The first-order valence-electron chi connectivity index (χ1n) is 8.66. The van der Waals surface area contributed by atoms with Gasteiger partial charge in [0, 0.05) is 43.7 Å². The molecule has 134 valence electrons. The molecule has 0 bridgehead atoms. The summed E-state index contributed by atoms with van der Waals surface area (Å²) in [5.74, 6) is 1.42. The van der Waals surface area contributed by atoms with Gasteiger partial charge in [0.25, 0.3) is 0 Å². The summed E-state index contributed by atoms with van der Waals surface area (Å²) < 4.78 is 0. The van der Waals surface area contributed by atoms with Crippen LogP contribution < -0.4 is 10.6 Å². The fourth-order valence-corrected chi connectivity index (χ4v) is 2.46. The molecule has 26 heavy (non-hydrogen) atoms. The highest BCUT2D eigenvalue weighted by Crippen LogP contribution is 2.21. The second-order valence-corrected chi connectivity index (χ2v) is 6.27. The maximum absolute atomic E-state index is 4.66. The van der Waals surface area contributed by atoms with Crippen LogP contribution in [0.4, 0.5) is 11.8 Å². The molecule has 0 aliphatic carbocycles. The van der Waals surface area contributed by atoms with Gasteiger partial charge < -0.3 is 15.5 Å². The van der Waals surface area contributed by atoms with E-state index >= 15 is 0 Å². The zero-order valence-corrected chi connectivity index (χ0v) is 15.2. The molecular formula is C20H24N6. The predicted molar refractivity (Wildman–Crippen MR) is 106 cm³/mol. The van der Waals surface area contributed by atoms with Crippen LogP contribution >= 0.6 is 0 Å². The van der Waals surface area contributed by atoms with Crippen molar-refractivity contribution in [2.24, 2.45) is 0 Å². The number of nitrogens with zero attached hydrogens (tertiary/aromatic N) is 4. The molecule has 0 spiro atoms. The van der Waals surface area contributed by atoms with E-state index in [1.165, 1.54) is 0 Å². The molecule has 3 aromatic rings. The van der Waals surface area contributed by atoms with Crippen LogP contribution in [0.1, 0.15) is 5.56 Å². The van der Waals surface area contributed by atoms with Gasteiger partial charge in [-0.05, 0) is 31.8 Å². The van der Waals surface area contributed by atoms with Gasteiger partial charge >= 0.3 is 0 Å². The fourth-order valence-electron chi connectivity index (χ4n) is 2.46. The maximum Gasteiger partial charge on any atom is 0.225 e. The third kappa shape index (κ3) is 5.26. The van der Waals surface area contributed by atoms with E-state index < -0.39 is 0 Å². The third-order valence-electron chi connectivity index (χ3n) is 3.86. The van der Waals surface area contributed by atoms with E-state index in [0.717, 1.165) is 35.7 Å². The molecule has 0 saturated heterocycles. The van der Waals surface area contributed by atoms with Crippen molar-refractivity contribution < 1.29 is 0 Å². The first-order valence-corrected chi connectivity index (χ1v) is 8.66. The van der Waals surface area contributed by atoms with Crippen molar-refractivity contribution in [3.63, 3.8) is 0 Å². The first-order chi connectivity index (χ1) is 12.7. The van der Waals surface area contributed by atoms with Gasteiger partial charge in [0.1, 0.15) is 5.82 Å². The number of pyridine rings is 1. The Morgan fingerprint density at radius 2 is 1.69 bits per heavy atom. The topological polar surface area (TPSA) is 66.0 Å². The average molecular weight is 348 g/mol. The molecule has 2 aromatic heterocycles. The standard InChI is InChI=1S/C20H24N6/c1-26(2)13-12-22-20-24-18(17-6-4-3-5-7-17)14-19(25-20)23-15-16-8-10-21-11-9-16/h3-11,14H,12-13,15H2,1-2H3,(H2,22,23,24,25). The number of likely N-dealkylation sites (N-methyl/N-ethyl adjacent to an activating group) is 1. The molecule has 2 heterocycles. The minimum atomic E-state index is 0.630. The van der Waals surface area contributed by atoms with Crippen molar-refractivity contribution in [2.45, 2.75) is 6.54 Å². The fraction of sp³-hybridized carbons (Fsp3) is 0.250. The Labute approximate surface area is 154 Å². The van der Waals surface area contributed by atoms with E-state index in [0.29, 0.717) is 12.5 Å². The van der Waals surface area contributed by atoms with E-state index in [2.05, 4.69) is 42.6 Å². The van der Waals surface area contributed by atoms with E-state index in [1.54, 1.807) is 12.4 Å². The summed E-state index contributed by atoms with van der Waals surface area (Å²) >= 11 is 0. The largest absolute Gasteiger partial charge is 0.366 e. The maximum atomic E-state index is 4.66. The number of nitrogens with one attached hydrogen (secondary N) is 2. The van der Waals surface area contributed by atoms with Crippen LogP contribution in [0.2, 0.25) is 0 Å². The van der Waals surface area contributed by atoms with Crippen LogP contribution in [0, 0.1) is 0 Å². The summed E-state index contributed by atoms with van der Waals surface area (Å²) in [6.45, 7) is 2.39. The van der Waals surface area contributed by atoms with E-state index in [1.807, 2.05) is 50.5 Å². The molecule has 0 radical (unpaired) electrons. The third-order valence-corrected chi connectivity index (χ3v) is 3.86. The molecule has 1 aromatic carbocycles. The number of benzene rings is 1. The molecule has 6 heteroatoms. The van der Waals surface area contributed by atoms with Crippen molar-refractivity contribution in [3.8, 4) is 11.3 Å². The second-order valence-electron chi connectivity index (χ2n) is 6.27. The zero-order chi connectivity index (χ0) is 18.2. The van der Waals surface area contributed by atoms with Gasteiger partial charge in [0.05, 0.1) is 5.69 Å². The summed E-state index contributed by atoms with van der Waals surface area (Å²) in [7, 11) is 4.09. The second kappa shape index (κ2) is 8.92. The van der Waals surface area contributed by atoms with E-state index in [4.69, 9.17) is 0 Å². The molecule has 0 aliphatic rings. The van der Waals surface area contributed by atoms with Crippen LogP contribution in [0.25, 0.3) is 11.3 Å². The van der Waals surface area contributed by atoms with Gasteiger partial charge in [-0.1, -0.05) is 30.3 Å². The lowest BCUT2D eigenvalue weighted by Gasteiger charge is -2.13. The normalized spacial score (nSPS) is 10.7. The Morgan fingerprint density at radius 3 is 2.42 bits per heavy atom. The molecule has 3 rings (SSSR count). The lowest BCUT2D eigenvalue weighted by Crippen LogP contribution is -2.21. The smallest absolute Gasteiger partial charge is 0.225 e. The predicted octanol–water partition coefficient (Wildman–Crippen LogP) is 3.12. The lowest BCUT2D eigenvalue weighted by molar-refractivity contribution is 0.425. The van der Waals surface area contributed by atoms with E-state index in [9.17, 15) is 0 Å². The summed E-state index contributed by atoms with van der Waals surface area (Å²) in [6.07, 6.45) is 3.58. The zero-order valence-electron chi connectivity index (χ0n) is 15.2. The molecule has 6 nitrogen and oxygen atoms in total. The van der Waals surface area contributed by atoms with Gasteiger partial charge in [-0.2, -0.15) is 4.98 Å². The molecule has 0 amide bonds. The molecule has 0 fully saturated rings. The summed E-state index contributed by atoms with van der Waals surface area (Å²) in [5, 5.41) is 6.69. The Hall–Kier alpha value is -2.99. The summed E-state index contributed by atoms with van der Waals surface area (Å²) in [6, 6.07) is 16.1. The van der Waals surface area contributed by atoms with Crippen molar-refractivity contribution in [3.05, 3.63) is 66.5 Å². The van der Waals surface area contributed by atoms with Crippen molar-refractivity contribution in [1.29, 1.82) is 0 Å². The van der Waals surface area contributed by atoms with Crippen LogP contribution in [-0.4, -0.2) is 47.0 Å². The number of hydrogen-bond donors (Lipinski definition) is 2. The summed E-state index contributed by atoms with van der Waals surface area (Å²) in [5.41, 5.74) is 3.12. The van der Waals surface area contributed by atoms with Crippen LogP contribution in [-0.2, 0) is 6.54 Å². The number of anilines is 2. The molecular weight excluding hydrogens is 324 g/mol. The summed E-state index contributed by atoms with van der Waals surface area (Å²) in [4.78, 5) is 15.4. The Bertz CT molecular complexity index is 805. The monoisotopic (exact) mass is 348 g/mol. The van der Waals surface area contributed by atoms with Crippen molar-refractivity contribution >= 4 is 11.8 Å². The molecule has 2 N–H and O–H groups in total. The Balaban J connectivity index is 1.80. The van der Waals surface area contributed by atoms with Crippen LogP contribution in [0.5, 0.6) is 0 Å². The van der Waals surface area contributed by atoms with Gasteiger partial charge in [-0.25, -0.2) is 4.98 Å². The van der Waals surface area contributed by atoms with E-state index in [-0.39, 0.29) is 0 Å². The SMILES string of the molecule is CN(C)CCNc1nc(NCc2ccncc2)cc(-c2ccccc2)n1. The number of hydrogen-bond acceptors (Lipinski definition) is 6. The molecule has 0 atom stereocenters. The molecule has 0 saturated carbocycles. The van der Waals surface area contributed by atoms with Gasteiger partial charge in [-0.15, -0.1) is 0 Å². The highest BCUT2D eigenvalue weighted by Gasteiger charge is 2.07. The van der Waals surface area contributed by atoms with Crippen LogP contribution in [0.3, 0.4) is 0 Å². The first kappa shape index (κ1) is 17.8.